The lowest BCUT2D eigenvalue weighted by molar-refractivity contribution is -0.145. The topological polar surface area (TPSA) is 44.8 Å². The molecular weight excluding hydrogens is 208 g/mol. The van der Waals surface area contributed by atoms with Gasteiger partial charge in [0.2, 0.25) is 0 Å². The van der Waals surface area contributed by atoms with E-state index < -0.39 is 0 Å². The number of methoxy groups -OCH3 is 2. The Bertz CT molecular complexity index is 336. The molecule has 0 aliphatic heterocycles. The normalized spacial score (nSPS) is 9.88. The third-order valence-corrected chi connectivity index (χ3v) is 2.16. The van der Waals surface area contributed by atoms with E-state index in [1.54, 1.807) is 7.11 Å². The molecule has 0 radical (unpaired) electrons. The summed E-state index contributed by atoms with van der Waals surface area (Å²) in [5, 5.41) is 0. The quantitative estimate of drug-likeness (QED) is 0.541. The van der Waals surface area contributed by atoms with E-state index in [-0.39, 0.29) is 12.6 Å². The Morgan fingerprint density at radius 2 is 2.00 bits per heavy atom. The second kappa shape index (κ2) is 6.85. The van der Waals surface area contributed by atoms with Gasteiger partial charge in [-0.2, -0.15) is 0 Å². The predicted octanol–water partition coefficient (Wildman–Crippen LogP) is 1.43. The number of ether oxygens (including phenoxy) is 3. The first-order valence-electron chi connectivity index (χ1n) is 5.04. The Morgan fingerprint density at radius 1 is 1.25 bits per heavy atom. The van der Waals surface area contributed by atoms with Gasteiger partial charge in [0.25, 0.3) is 0 Å². The minimum atomic E-state index is -0.361. The first-order valence-corrected chi connectivity index (χ1v) is 5.04. The standard InChI is InChI=1S/C12H16O4/c1-14-11-6-4-3-5-10(11)7-8-16-9-12(13)15-2/h3-6H,7-9H2,1-2H3. The average molecular weight is 224 g/mol. The summed E-state index contributed by atoms with van der Waals surface area (Å²) in [6, 6.07) is 7.73. The van der Waals surface area contributed by atoms with Gasteiger partial charge < -0.3 is 14.2 Å². The van der Waals surface area contributed by atoms with Crippen molar-refractivity contribution in [3.05, 3.63) is 29.8 Å². The van der Waals surface area contributed by atoms with Crippen LogP contribution in [0.5, 0.6) is 5.75 Å². The second-order valence-electron chi connectivity index (χ2n) is 3.19. The molecule has 0 heterocycles. The van der Waals surface area contributed by atoms with E-state index in [0.717, 1.165) is 11.3 Å². The maximum Gasteiger partial charge on any atom is 0.331 e. The fraction of sp³-hybridized carbons (Fsp3) is 0.417. The summed E-state index contributed by atoms with van der Waals surface area (Å²) < 4.78 is 14.8. The molecule has 16 heavy (non-hydrogen) atoms. The van der Waals surface area contributed by atoms with Crippen LogP contribution in [-0.2, 0) is 20.7 Å². The van der Waals surface area contributed by atoms with E-state index >= 15 is 0 Å². The summed E-state index contributed by atoms with van der Waals surface area (Å²) in [4.78, 5) is 10.8. The molecule has 0 bridgehead atoms. The van der Waals surface area contributed by atoms with E-state index in [1.807, 2.05) is 24.3 Å². The van der Waals surface area contributed by atoms with Crippen molar-refractivity contribution in [3.8, 4) is 5.75 Å². The maximum absolute atomic E-state index is 10.8. The highest BCUT2D eigenvalue weighted by Gasteiger charge is 2.03. The average Bonchev–Trinajstić information content (AvgIpc) is 2.34. The predicted molar refractivity (Wildman–Crippen MR) is 59.5 cm³/mol. The Kier molecular flexibility index (Phi) is 5.36. The Hall–Kier alpha value is -1.55. The van der Waals surface area contributed by atoms with E-state index in [0.29, 0.717) is 13.0 Å². The molecule has 1 rings (SSSR count). The number of benzene rings is 1. The molecule has 4 nitrogen and oxygen atoms in total. The van der Waals surface area contributed by atoms with Gasteiger partial charge in [-0.3, -0.25) is 0 Å². The van der Waals surface area contributed by atoms with Gasteiger partial charge in [0.1, 0.15) is 12.4 Å². The van der Waals surface area contributed by atoms with Crippen LogP contribution in [0.25, 0.3) is 0 Å². The first kappa shape index (κ1) is 12.5. The third kappa shape index (κ3) is 3.90. The number of hydrogen-bond donors (Lipinski definition) is 0. The zero-order valence-electron chi connectivity index (χ0n) is 9.56. The lowest BCUT2D eigenvalue weighted by atomic mass is 10.1. The van der Waals surface area contributed by atoms with Crippen LogP contribution in [0.15, 0.2) is 24.3 Å². The highest BCUT2D eigenvalue weighted by atomic mass is 16.6. The van der Waals surface area contributed by atoms with Crippen LogP contribution in [-0.4, -0.2) is 33.4 Å². The van der Waals surface area contributed by atoms with E-state index in [1.165, 1.54) is 7.11 Å². The molecule has 0 aliphatic carbocycles. The molecule has 0 aliphatic rings. The molecule has 0 saturated heterocycles. The minimum Gasteiger partial charge on any atom is -0.496 e. The van der Waals surface area contributed by atoms with Crippen molar-refractivity contribution >= 4 is 5.97 Å². The highest BCUT2D eigenvalue weighted by Crippen LogP contribution is 2.17. The molecule has 88 valence electrons. The summed E-state index contributed by atoms with van der Waals surface area (Å²) in [6.07, 6.45) is 0.709. The Morgan fingerprint density at radius 3 is 2.69 bits per heavy atom. The van der Waals surface area contributed by atoms with Crippen molar-refractivity contribution in [1.29, 1.82) is 0 Å². The molecule has 0 fully saturated rings. The van der Waals surface area contributed by atoms with Crippen LogP contribution < -0.4 is 4.74 Å². The van der Waals surface area contributed by atoms with Crippen LogP contribution in [0, 0.1) is 0 Å². The number of rotatable bonds is 6. The lowest BCUT2D eigenvalue weighted by Crippen LogP contribution is -2.11. The molecule has 1 aromatic rings. The Labute approximate surface area is 95.1 Å². The molecule has 4 heteroatoms. The smallest absolute Gasteiger partial charge is 0.331 e. The van der Waals surface area contributed by atoms with Gasteiger partial charge in [-0.05, 0) is 18.1 Å². The van der Waals surface area contributed by atoms with Crippen LogP contribution >= 0.6 is 0 Å². The van der Waals surface area contributed by atoms with Gasteiger partial charge in [-0.25, -0.2) is 4.79 Å². The molecular formula is C12H16O4. The van der Waals surface area contributed by atoms with Crippen molar-refractivity contribution < 1.29 is 19.0 Å². The number of para-hydroxylation sites is 1. The van der Waals surface area contributed by atoms with Gasteiger partial charge in [0.15, 0.2) is 0 Å². The fourth-order valence-electron chi connectivity index (χ4n) is 1.31. The van der Waals surface area contributed by atoms with Crippen molar-refractivity contribution in [1.82, 2.24) is 0 Å². The van der Waals surface area contributed by atoms with E-state index in [4.69, 9.17) is 9.47 Å². The molecule has 0 amide bonds. The van der Waals surface area contributed by atoms with Crippen molar-refractivity contribution in [3.63, 3.8) is 0 Å². The monoisotopic (exact) mass is 224 g/mol. The summed E-state index contributed by atoms with van der Waals surface area (Å²) in [7, 11) is 2.97. The van der Waals surface area contributed by atoms with Crippen LogP contribution in [0.4, 0.5) is 0 Å². The number of esters is 1. The number of carbonyl (C=O) groups is 1. The summed E-state index contributed by atoms with van der Waals surface area (Å²) in [5.41, 5.74) is 1.06. The van der Waals surface area contributed by atoms with Crippen molar-refractivity contribution in [2.75, 3.05) is 27.4 Å². The SMILES string of the molecule is COC(=O)COCCc1ccccc1OC. The molecule has 0 N–H and O–H groups in total. The van der Waals surface area contributed by atoms with E-state index in [2.05, 4.69) is 4.74 Å². The minimum absolute atomic E-state index is 0.00828. The molecule has 1 aromatic carbocycles. The van der Waals surface area contributed by atoms with Crippen LogP contribution in [0.2, 0.25) is 0 Å². The zero-order chi connectivity index (χ0) is 11.8. The first-order chi connectivity index (χ1) is 7.77. The highest BCUT2D eigenvalue weighted by molar-refractivity contribution is 5.70. The number of hydrogen-bond acceptors (Lipinski definition) is 4. The zero-order valence-corrected chi connectivity index (χ0v) is 9.56. The molecule has 0 aromatic heterocycles. The molecule has 0 saturated carbocycles. The molecule has 0 atom stereocenters. The van der Waals surface area contributed by atoms with Gasteiger partial charge >= 0.3 is 5.97 Å². The van der Waals surface area contributed by atoms with Gasteiger partial charge in [0.05, 0.1) is 20.8 Å². The fourth-order valence-corrected chi connectivity index (χ4v) is 1.31. The lowest BCUT2D eigenvalue weighted by Gasteiger charge is -2.07. The van der Waals surface area contributed by atoms with E-state index in [9.17, 15) is 4.79 Å². The summed E-state index contributed by atoms with van der Waals surface area (Å²) >= 11 is 0. The molecule has 0 unspecified atom stereocenters. The van der Waals surface area contributed by atoms with Gasteiger partial charge in [0, 0.05) is 0 Å². The second-order valence-corrected chi connectivity index (χ2v) is 3.19. The number of carbonyl (C=O) groups excluding carboxylic acids is 1. The third-order valence-electron chi connectivity index (χ3n) is 2.16. The maximum atomic E-state index is 10.8. The van der Waals surface area contributed by atoms with Gasteiger partial charge in [-0.15, -0.1) is 0 Å². The van der Waals surface area contributed by atoms with Crippen LogP contribution in [0.3, 0.4) is 0 Å². The summed E-state index contributed by atoms with van der Waals surface area (Å²) in [5.74, 6) is 0.476. The Balaban J connectivity index is 2.34. The van der Waals surface area contributed by atoms with Crippen LogP contribution in [0.1, 0.15) is 5.56 Å². The van der Waals surface area contributed by atoms with Crippen molar-refractivity contribution in [2.24, 2.45) is 0 Å². The van der Waals surface area contributed by atoms with Crippen molar-refractivity contribution in [2.45, 2.75) is 6.42 Å². The van der Waals surface area contributed by atoms with Gasteiger partial charge in [-0.1, -0.05) is 18.2 Å². The molecule has 0 spiro atoms. The largest absolute Gasteiger partial charge is 0.496 e. The summed E-state index contributed by atoms with van der Waals surface area (Å²) in [6.45, 7) is 0.459.